The third kappa shape index (κ3) is 14.1. The van der Waals surface area contributed by atoms with Gasteiger partial charge in [0.2, 0.25) is 0 Å². The second-order valence-corrected chi connectivity index (χ2v) is 21.5. The number of alkyl halides is 3. The van der Waals surface area contributed by atoms with Crippen molar-refractivity contribution in [3.8, 4) is 0 Å². The number of carbonyl (C=O) groups is 4. The maximum absolute atomic E-state index is 15.0. The summed E-state index contributed by atoms with van der Waals surface area (Å²) in [7, 11) is 0. The number of likely N-dealkylation sites (tertiary alicyclic amines) is 1. The molecular weight excluding hydrogens is 840 g/mol. The third-order valence-electron chi connectivity index (χ3n) is 10.2. The minimum Gasteiger partial charge on any atom is -0.460 e. The Morgan fingerprint density at radius 3 is 1.87 bits per heavy atom. The van der Waals surface area contributed by atoms with Crippen LogP contribution in [0.5, 0.6) is 0 Å². The molecule has 2 aromatic carbocycles. The zero-order valence-electron chi connectivity index (χ0n) is 38.9. The smallest absolute Gasteiger partial charge is 0.419 e. The van der Waals surface area contributed by atoms with Crippen molar-refractivity contribution in [3.63, 3.8) is 0 Å². The Labute approximate surface area is 374 Å². The van der Waals surface area contributed by atoms with Gasteiger partial charge >= 0.3 is 30.4 Å². The monoisotopic (exact) mass is 905 g/mol. The van der Waals surface area contributed by atoms with Crippen molar-refractivity contribution < 1.29 is 51.3 Å². The second kappa shape index (κ2) is 19.0. The maximum Gasteiger partial charge on any atom is 0.419 e. The number of carbonyl (C=O) groups excluding carboxylic acids is 4. The third-order valence-corrected chi connectivity index (χ3v) is 11.3. The molecule has 63 heavy (non-hydrogen) atoms. The van der Waals surface area contributed by atoms with E-state index >= 15 is 0 Å². The quantitative estimate of drug-likeness (QED) is 0.201. The number of hydrogen-bond acceptors (Lipinski definition) is 11. The number of esters is 1. The average molecular weight is 906 g/mol. The van der Waals surface area contributed by atoms with Gasteiger partial charge in [0.15, 0.2) is 0 Å². The fourth-order valence-corrected chi connectivity index (χ4v) is 8.86. The van der Waals surface area contributed by atoms with E-state index in [1.165, 1.54) is 9.80 Å². The summed E-state index contributed by atoms with van der Waals surface area (Å²) < 4.78 is 67.7. The number of nitrogens with one attached hydrogen (secondary N) is 1. The molecule has 17 heteroatoms. The molecule has 2 fully saturated rings. The van der Waals surface area contributed by atoms with Gasteiger partial charge in [-0.1, -0.05) is 11.8 Å². The van der Waals surface area contributed by atoms with Crippen molar-refractivity contribution in [3.05, 3.63) is 35.9 Å². The van der Waals surface area contributed by atoms with Crippen molar-refractivity contribution in [1.82, 2.24) is 10.2 Å². The second-order valence-electron chi connectivity index (χ2n) is 20.4. The lowest BCUT2D eigenvalue weighted by Crippen LogP contribution is -2.50. The number of halogens is 3. The van der Waals surface area contributed by atoms with E-state index in [1.54, 1.807) is 68.4 Å². The summed E-state index contributed by atoms with van der Waals surface area (Å²) in [4.78, 5) is 61.2. The molecule has 0 atom stereocenters. The molecule has 0 aliphatic carbocycles. The van der Waals surface area contributed by atoms with E-state index < -0.39 is 58.5 Å². The number of rotatable bonds is 8. The molecule has 13 nitrogen and oxygen atoms in total. The number of piperidine rings is 2. The molecule has 1 N–H and O–H groups in total. The van der Waals surface area contributed by atoms with Crippen molar-refractivity contribution in [2.75, 3.05) is 47.4 Å². The van der Waals surface area contributed by atoms with Gasteiger partial charge in [0.25, 0.3) is 0 Å². The van der Waals surface area contributed by atoms with Gasteiger partial charge in [-0.3, -0.25) is 9.69 Å². The molecule has 2 aromatic rings. The number of anilines is 4. The van der Waals surface area contributed by atoms with Crippen molar-refractivity contribution in [2.24, 2.45) is 0 Å². The highest BCUT2D eigenvalue weighted by Gasteiger charge is 2.43. The van der Waals surface area contributed by atoms with Gasteiger partial charge in [-0.05, 0) is 152 Å². The molecule has 0 bridgehead atoms. The summed E-state index contributed by atoms with van der Waals surface area (Å²) in [6, 6.07) is 6.72. The van der Waals surface area contributed by atoms with E-state index in [-0.39, 0.29) is 34.7 Å². The highest BCUT2D eigenvalue weighted by molar-refractivity contribution is 7.99. The average Bonchev–Trinajstić information content (AvgIpc) is 3.11. The molecule has 2 saturated heterocycles. The predicted molar refractivity (Wildman–Crippen MR) is 238 cm³/mol. The van der Waals surface area contributed by atoms with Crippen molar-refractivity contribution in [1.29, 1.82) is 0 Å². The summed E-state index contributed by atoms with van der Waals surface area (Å²) >= 11 is 1.09. The largest absolute Gasteiger partial charge is 0.460 e. The van der Waals surface area contributed by atoms with E-state index in [0.717, 1.165) is 29.6 Å². The Morgan fingerprint density at radius 1 is 0.730 bits per heavy atom. The first-order chi connectivity index (χ1) is 29.0. The summed E-state index contributed by atoms with van der Waals surface area (Å²) in [5.74, 6) is -0.289. The van der Waals surface area contributed by atoms with Crippen molar-refractivity contribution in [2.45, 2.75) is 172 Å². The molecule has 0 radical (unpaired) electrons. The van der Waals surface area contributed by atoms with Gasteiger partial charge in [-0.15, -0.1) is 0 Å². The van der Waals surface area contributed by atoms with Gasteiger partial charge < -0.3 is 34.1 Å². The van der Waals surface area contributed by atoms with Crippen LogP contribution in [0, 0.1) is 0 Å². The van der Waals surface area contributed by atoms with Crippen LogP contribution in [0.3, 0.4) is 0 Å². The topological polar surface area (TPSA) is 130 Å². The van der Waals surface area contributed by atoms with Gasteiger partial charge in [0.1, 0.15) is 22.4 Å². The fourth-order valence-electron chi connectivity index (χ4n) is 7.70. The fraction of sp³-hybridized carbons (Fsp3) is 0.652. The molecule has 0 spiro atoms. The highest BCUT2D eigenvalue weighted by Crippen LogP contribution is 2.55. The van der Waals surface area contributed by atoms with Crippen molar-refractivity contribution >= 4 is 58.8 Å². The summed E-state index contributed by atoms with van der Waals surface area (Å²) in [5, 5.41) is 2.94. The van der Waals surface area contributed by atoms with Crippen LogP contribution in [0.25, 0.3) is 0 Å². The Bertz CT molecular complexity index is 1990. The SMILES string of the molecule is CC(C)(C)OC(=O)CCCN1CCC(N(C(=O)OC(C)(C)C)c2cc(C(F)(F)F)cc3c2N(C(=O)OC(C)(C)C)c2ccc(N4CCC(NC(=O)OC(C)(C)C)CC4)cc2S3)CC1. The van der Waals surface area contributed by atoms with E-state index in [0.29, 0.717) is 75.4 Å². The Kier molecular flexibility index (Phi) is 15.0. The van der Waals surface area contributed by atoms with Gasteiger partial charge in [-0.25, -0.2) is 19.3 Å². The Morgan fingerprint density at radius 2 is 1.32 bits per heavy atom. The molecule has 0 unspecified atom stereocenters. The van der Waals surface area contributed by atoms with Gasteiger partial charge in [0.05, 0.1) is 22.6 Å². The lowest BCUT2D eigenvalue weighted by molar-refractivity contribution is -0.155. The molecule has 5 rings (SSSR count). The van der Waals surface area contributed by atoms with E-state index in [2.05, 4.69) is 15.1 Å². The number of hydrogen-bond donors (Lipinski definition) is 1. The number of alkyl carbamates (subject to hydrolysis) is 1. The predicted octanol–water partition coefficient (Wildman–Crippen LogP) is 11.1. The molecular formula is C46H66F3N5O8S. The van der Waals surface area contributed by atoms with Crippen LogP contribution in [0.4, 0.5) is 50.3 Å². The summed E-state index contributed by atoms with van der Waals surface area (Å²) in [5.41, 5.74) is -3.03. The van der Waals surface area contributed by atoms with Crippen LogP contribution < -0.4 is 20.0 Å². The number of fused-ring (bicyclic) bond motifs is 2. The molecule has 3 aliphatic heterocycles. The van der Waals surface area contributed by atoms with E-state index in [9.17, 15) is 32.3 Å². The Hall–Kier alpha value is -4.38. The van der Waals surface area contributed by atoms with Crippen LogP contribution >= 0.6 is 11.8 Å². The standard InChI is InChI=1S/C46H66F3N5O8S/c1-42(2,3)59-37(55)14-13-21-51-22-19-31(20-23-51)53(40(57)61-44(7,8)9)34-26-29(46(47,48)49)27-36-38(34)54(41(58)62-45(10,11)12)33-16-15-32(28-35(33)63-36)52-24-17-30(18-25-52)50-39(56)60-43(4,5)6/h15-16,26-28,30-31H,13-14,17-25H2,1-12H3,(H,50,56). The Balaban J connectivity index is 1.51. The van der Waals surface area contributed by atoms with Crippen LogP contribution in [0.1, 0.15) is 127 Å². The summed E-state index contributed by atoms with van der Waals surface area (Å²) in [6.45, 7) is 23.8. The highest BCUT2D eigenvalue weighted by atomic mass is 32.2. The first-order valence-electron chi connectivity index (χ1n) is 21.8. The molecule has 3 amide bonds. The van der Waals surface area contributed by atoms with Gasteiger partial charge in [-0.2, -0.15) is 13.2 Å². The van der Waals surface area contributed by atoms with E-state index in [1.807, 2.05) is 32.9 Å². The lowest BCUT2D eigenvalue weighted by Gasteiger charge is -2.42. The number of nitrogens with zero attached hydrogens (tertiary/aromatic N) is 4. The minimum absolute atomic E-state index is 0.0854. The van der Waals surface area contributed by atoms with Crippen LogP contribution in [0.2, 0.25) is 0 Å². The molecule has 0 saturated carbocycles. The summed E-state index contributed by atoms with van der Waals surface area (Å²) in [6.07, 6.45) is -4.09. The lowest BCUT2D eigenvalue weighted by atomic mass is 10.0. The molecule has 350 valence electrons. The first-order valence-corrected chi connectivity index (χ1v) is 22.6. The zero-order chi connectivity index (χ0) is 46.9. The first kappa shape index (κ1) is 49.6. The van der Waals surface area contributed by atoms with Crippen LogP contribution in [-0.2, 0) is 29.9 Å². The molecule has 0 aromatic heterocycles. The number of ether oxygens (including phenoxy) is 4. The maximum atomic E-state index is 15.0. The zero-order valence-corrected chi connectivity index (χ0v) is 39.7. The number of amides is 3. The minimum atomic E-state index is -4.81. The normalized spacial score (nSPS) is 17.1. The van der Waals surface area contributed by atoms with E-state index in [4.69, 9.17) is 18.9 Å². The van der Waals surface area contributed by atoms with Crippen LogP contribution in [0.15, 0.2) is 40.1 Å². The molecule has 3 heterocycles. The number of benzene rings is 2. The molecule has 3 aliphatic rings. The van der Waals surface area contributed by atoms with Gasteiger partial charge in [0, 0.05) is 60.2 Å². The van der Waals surface area contributed by atoms with Crippen LogP contribution in [-0.4, -0.2) is 96.4 Å².